The first kappa shape index (κ1) is 30.4. The van der Waals surface area contributed by atoms with Gasteiger partial charge in [0.1, 0.15) is 73.2 Å². The summed E-state index contributed by atoms with van der Waals surface area (Å²) in [6.45, 7) is -1.23. The van der Waals surface area contributed by atoms with E-state index in [9.17, 15) is 55.9 Å². The van der Waals surface area contributed by atoms with Crippen LogP contribution in [0.5, 0.6) is 0 Å². The fourth-order valence-corrected chi connectivity index (χ4v) is 4.45. The van der Waals surface area contributed by atoms with Gasteiger partial charge in [-0.2, -0.15) is 0 Å². The monoisotopic (exact) mass is 545 g/mol. The Hall–Kier alpha value is -1.13. The fraction of sp³-hybridized carbons (Fsp3) is 0.950. The lowest BCUT2D eigenvalue weighted by Gasteiger charge is -2.48. The molecule has 0 aromatic heterocycles. The number of hydrogen-bond acceptors (Lipinski definition) is 16. The number of rotatable bonds is 8. The molecule has 1 amide bonds. The summed E-state index contributed by atoms with van der Waals surface area (Å²) in [6, 6.07) is -1.41. The summed E-state index contributed by atoms with van der Waals surface area (Å²) in [5.41, 5.74) is 0. The molecule has 0 bridgehead atoms. The number of nitrogens with one attached hydrogen (secondary N) is 1. The Labute approximate surface area is 210 Å². The van der Waals surface area contributed by atoms with Gasteiger partial charge in [0.15, 0.2) is 18.9 Å². The highest BCUT2D eigenvalue weighted by Gasteiger charge is 2.53. The molecule has 17 nitrogen and oxygen atoms in total. The highest BCUT2D eigenvalue weighted by molar-refractivity contribution is 5.73. The van der Waals surface area contributed by atoms with Crippen LogP contribution < -0.4 is 5.32 Å². The van der Waals surface area contributed by atoms with E-state index in [4.69, 9.17) is 23.7 Å². The largest absolute Gasteiger partial charge is 0.394 e. The summed E-state index contributed by atoms with van der Waals surface area (Å²) in [5.74, 6) is -0.645. The smallest absolute Gasteiger partial charge is 0.217 e. The average molecular weight is 545 g/mol. The molecule has 0 aromatic carbocycles. The summed E-state index contributed by atoms with van der Waals surface area (Å²) in [4.78, 5) is 11.6. The van der Waals surface area contributed by atoms with Crippen molar-refractivity contribution >= 4 is 5.91 Å². The predicted octanol–water partition coefficient (Wildman–Crippen LogP) is -7.43. The number of aliphatic hydroxyl groups excluding tert-OH is 10. The third kappa shape index (κ3) is 6.38. The van der Waals surface area contributed by atoms with Gasteiger partial charge in [-0.15, -0.1) is 0 Å². The van der Waals surface area contributed by atoms with Crippen LogP contribution >= 0.6 is 0 Å². The van der Waals surface area contributed by atoms with Crippen molar-refractivity contribution in [3.8, 4) is 0 Å². The molecular weight excluding hydrogens is 510 g/mol. The van der Waals surface area contributed by atoms with Crippen LogP contribution in [0.4, 0.5) is 0 Å². The van der Waals surface area contributed by atoms with Crippen LogP contribution in [0.15, 0.2) is 0 Å². The van der Waals surface area contributed by atoms with Crippen molar-refractivity contribution in [1.82, 2.24) is 5.32 Å². The van der Waals surface area contributed by atoms with Gasteiger partial charge in [0, 0.05) is 6.92 Å². The lowest BCUT2D eigenvalue weighted by Crippen LogP contribution is -2.68. The molecule has 3 aliphatic rings. The van der Waals surface area contributed by atoms with E-state index in [1.165, 1.54) is 0 Å². The topological polar surface area (TPSA) is 278 Å². The Morgan fingerprint density at radius 1 is 0.649 bits per heavy atom. The Kier molecular flexibility index (Phi) is 10.5. The minimum atomic E-state index is -1.93. The molecule has 3 saturated heterocycles. The van der Waals surface area contributed by atoms with Crippen molar-refractivity contribution in [3.63, 3.8) is 0 Å². The minimum Gasteiger partial charge on any atom is -0.394 e. The second-order valence-corrected chi connectivity index (χ2v) is 9.07. The van der Waals surface area contributed by atoms with Crippen molar-refractivity contribution in [1.29, 1.82) is 0 Å². The van der Waals surface area contributed by atoms with Gasteiger partial charge >= 0.3 is 0 Å². The predicted molar refractivity (Wildman–Crippen MR) is 113 cm³/mol. The number of ether oxygens (including phenoxy) is 5. The van der Waals surface area contributed by atoms with Crippen LogP contribution in [-0.2, 0) is 28.5 Å². The Balaban J connectivity index is 1.83. The molecule has 0 spiro atoms. The molecule has 17 heteroatoms. The average Bonchev–Trinajstić information content (AvgIpc) is 2.86. The van der Waals surface area contributed by atoms with Gasteiger partial charge in [-0.05, 0) is 0 Å². The van der Waals surface area contributed by atoms with E-state index in [0.29, 0.717) is 0 Å². The molecule has 216 valence electrons. The zero-order chi connectivity index (χ0) is 27.6. The lowest BCUT2D eigenvalue weighted by molar-refractivity contribution is -0.373. The Morgan fingerprint density at radius 2 is 1.11 bits per heavy atom. The normalized spacial score (nSPS) is 49.0. The number of amides is 1. The van der Waals surface area contributed by atoms with Gasteiger partial charge in [-0.25, -0.2) is 0 Å². The number of carbonyl (C=O) groups is 1. The molecule has 3 heterocycles. The Morgan fingerprint density at radius 3 is 1.65 bits per heavy atom. The highest BCUT2D eigenvalue weighted by Crippen LogP contribution is 2.32. The first-order valence-corrected chi connectivity index (χ1v) is 11.6. The van der Waals surface area contributed by atoms with E-state index in [0.717, 1.165) is 6.92 Å². The maximum Gasteiger partial charge on any atom is 0.217 e. The van der Waals surface area contributed by atoms with Crippen LogP contribution in [0.1, 0.15) is 6.92 Å². The second-order valence-electron chi connectivity index (χ2n) is 9.07. The van der Waals surface area contributed by atoms with Crippen LogP contribution in [-0.4, -0.2) is 169 Å². The standard InChI is InChI=1S/C20H35NO16/c1-5(25)21-9-16(11(27)7(3-23)33-18(9)32)36-20-15(31)17(12(28)8(4-24)35-20)37-19-14(30)13(29)10(26)6(2-22)34-19/h6-20,22-24,26-32H,2-4H2,1H3,(H,21,25)/t6?,7?,8?,9?,10-,11+,12-,13-,14?,15?,16+,17-,18?,19+,20-/m0/s1. The number of carbonyl (C=O) groups excluding carboxylic acids is 1. The van der Waals surface area contributed by atoms with Gasteiger partial charge < -0.3 is 80.1 Å². The zero-order valence-electron chi connectivity index (χ0n) is 19.7. The van der Waals surface area contributed by atoms with Crippen molar-refractivity contribution < 1.29 is 79.5 Å². The van der Waals surface area contributed by atoms with E-state index >= 15 is 0 Å². The second kappa shape index (κ2) is 12.8. The van der Waals surface area contributed by atoms with Crippen LogP contribution in [0.3, 0.4) is 0 Å². The van der Waals surface area contributed by atoms with Crippen LogP contribution in [0.2, 0.25) is 0 Å². The first-order valence-electron chi connectivity index (χ1n) is 11.6. The fourth-order valence-electron chi connectivity index (χ4n) is 4.45. The van der Waals surface area contributed by atoms with Gasteiger partial charge in [-0.1, -0.05) is 0 Å². The molecule has 7 unspecified atom stereocenters. The number of aliphatic hydroxyl groups is 10. The molecular formula is C20H35NO16. The molecule has 3 fully saturated rings. The number of hydrogen-bond donors (Lipinski definition) is 11. The van der Waals surface area contributed by atoms with E-state index < -0.39 is 118 Å². The maximum atomic E-state index is 11.6. The first-order chi connectivity index (χ1) is 17.4. The summed E-state index contributed by atoms with van der Waals surface area (Å²) < 4.78 is 26.9. The third-order valence-corrected chi connectivity index (χ3v) is 6.50. The highest BCUT2D eigenvalue weighted by atomic mass is 16.7. The summed E-state index contributed by atoms with van der Waals surface area (Å²) in [5, 5.41) is 103. The van der Waals surface area contributed by atoms with E-state index in [2.05, 4.69) is 5.32 Å². The minimum absolute atomic E-state index is 0.645. The lowest BCUT2D eigenvalue weighted by atomic mass is 9.95. The zero-order valence-corrected chi connectivity index (χ0v) is 19.7. The van der Waals surface area contributed by atoms with Gasteiger partial charge in [0.25, 0.3) is 0 Å². The molecule has 37 heavy (non-hydrogen) atoms. The SMILES string of the molecule is CC(=O)NC1C(O)OC(CO)[C@@H](O)[C@@H]1O[C@@H]1OC(CO)[C@H](O)[C@H](O[C@H]2OC(CO)[C@H](O)[C@H](O)C2O)C1O. The quantitative estimate of drug-likeness (QED) is 0.135. The van der Waals surface area contributed by atoms with E-state index in [1.54, 1.807) is 0 Å². The molecule has 0 aliphatic carbocycles. The van der Waals surface area contributed by atoms with Gasteiger partial charge in [0.05, 0.1) is 19.8 Å². The third-order valence-electron chi connectivity index (χ3n) is 6.50. The molecule has 0 radical (unpaired) electrons. The van der Waals surface area contributed by atoms with E-state index in [1.807, 2.05) is 0 Å². The summed E-state index contributed by atoms with van der Waals surface area (Å²) >= 11 is 0. The Bertz CT molecular complexity index is 745. The molecule has 0 saturated carbocycles. The molecule has 3 aliphatic heterocycles. The molecule has 0 aromatic rings. The summed E-state index contributed by atoms with van der Waals surface area (Å²) in [6.07, 6.45) is -23.5. The van der Waals surface area contributed by atoms with Crippen molar-refractivity contribution in [2.75, 3.05) is 19.8 Å². The van der Waals surface area contributed by atoms with Gasteiger partial charge in [-0.3, -0.25) is 4.79 Å². The van der Waals surface area contributed by atoms with Crippen LogP contribution in [0.25, 0.3) is 0 Å². The molecule has 11 N–H and O–H groups in total. The van der Waals surface area contributed by atoms with Crippen molar-refractivity contribution in [2.45, 2.75) is 99.0 Å². The molecule has 15 atom stereocenters. The summed E-state index contributed by atoms with van der Waals surface area (Å²) in [7, 11) is 0. The van der Waals surface area contributed by atoms with E-state index in [-0.39, 0.29) is 0 Å². The maximum absolute atomic E-state index is 11.6. The van der Waals surface area contributed by atoms with Crippen molar-refractivity contribution in [2.24, 2.45) is 0 Å². The van der Waals surface area contributed by atoms with Gasteiger partial charge in [0.2, 0.25) is 5.91 Å². The van der Waals surface area contributed by atoms with Crippen molar-refractivity contribution in [3.05, 3.63) is 0 Å². The molecule has 3 rings (SSSR count). The van der Waals surface area contributed by atoms with Crippen LogP contribution in [0, 0.1) is 0 Å².